The van der Waals surface area contributed by atoms with E-state index in [1.54, 1.807) is 0 Å². The summed E-state index contributed by atoms with van der Waals surface area (Å²) in [7, 11) is 0. The van der Waals surface area contributed by atoms with E-state index in [0.29, 0.717) is 0 Å². The van der Waals surface area contributed by atoms with E-state index in [0.717, 1.165) is 11.3 Å². The molecule has 0 aliphatic carbocycles. The van der Waals surface area contributed by atoms with Crippen LogP contribution in [0.25, 0.3) is 10.9 Å². The highest BCUT2D eigenvalue weighted by molar-refractivity contribution is 5.85. The summed E-state index contributed by atoms with van der Waals surface area (Å²) >= 11 is 0. The van der Waals surface area contributed by atoms with Crippen LogP contribution in [-0.4, -0.2) is 11.1 Å². The first-order chi connectivity index (χ1) is 6.27. The van der Waals surface area contributed by atoms with Gasteiger partial charge in [-0.05, 0) is 26.0 Å². The summed E-state index contributed by atoms with van der Waals surface area (Å²) in [4.78, 5) is 3.17. The third-order valence-corrected chi connectivity index (χ3v) is 1.91. The summed E-state index contributed by atoms with van der Waals surface area (Å²) in [5.41, 5.74) is 1.08. The van der Waals surface area contributed by atoms with Gasteiger partial charge in [-0.15, -0.1) is 0 Å². The minimum absolute atomic E-state index is 0.217. The van der Waals surface area contributed by atoms with Crippen molar-refractivity contribution < 1.29 is 4.74 Å². The zero-order valence-corrected chi connectivity index (χ0v) is 7.87. The second kappa shape index (κ2) is 3.13. The monoisotopic (exact) mass is 175 g/mol. The molecule has 1 heterocycles. The summed E-state index contributed by atoms with van der Waals surface area (Å²) in [6.45, 7) is 4.06. The van der Waals surface area contributed by atoms with E-state index in [1.165, 1.54) is 5.39 Å². The first kappa shape index (κ1) is 8.17. The molecular formula is C11H13NO. The van der Waals surface area contributed by atoms with Gasteiger partial charge in [-0.2, -0.15) is 0 Å². The van der Waals surface area contributed by atoms with Gasteiger partial charge in [0.15, 0.2) is 0 Å². The number of aromatic amines is 1. The first-order valence-corrected chi connectivity index (χ1v) is 4.50. The molecule has 0 saturated carbocycles. The number of rotatable bonds is 2. The maximum atomic E-state index is 5.65. The lowest BCUT2D eigenvalue weighted by molar-refractivity contribution is 0.245. The standard InChI is InChI=1S/C11H13NO/c1-8(2)13-10-5-3-4-9-6-7-12-11(9)10/h3-8,12H,1-2H3. The summed E-state index contributed by atoms with van der Waals surface area (Å²) < 4.78 is 5.65. The van der Waals surface area contributed by atoms with Crippen molar-refractivity contribution in [2.75, 3.05) is 0 Å². The van der Waals surface area contributed by atoms with Crippen LogP contribution in [0.2, 0.25) is 0 Å². The number of benzene rings is 1. The van der Waals surface area contributed by atoms with E-state index in [9.17, 15) is 0 Å². The van der Waals surface area contributed by atoms with E-state index in [-0.39, 0.29) is 6.10 Å². The number of para-hydroxylation sites is 1. The molecule has 1 aromatic heterocycles. The number of H-pyrrole nitrogens is 1. The van der Waals surface area contributed by atoms with Gasteiger partial charge in [0.1, 0.15) is 5.75 Å². The molecule has 0 atom stereocenters. The zero-order valence-electron chi connectivity index (χ0n) is 7.87. The Morgan fingerprint density at radius 3 is 2.85 bits per heavy atom. The second-order valence-electron chi connectivity index (χ2n) is 3.36. The molecule has 1 aromatic carbocycles. The lowest BCUT2D eigenvalue weighted by Crippen LogP contribution is -2.05. The van der Waals surface area contributed by atoms with Gasteiger partial charge in [-0.25, -0.2) is 0 Å². The Morgan fingerprint density at radius 1 is 1.23 bits per heavy atom. The summed E-state index contributed by atoms with van der Waals surface area (Å²) in [5, 5.41) is 1.19. The fourth-order valence-electron chi connectivity index (χ4n) is 1.41. The molecule has 0 spiro atoms. The third kappa shape index (κ3) is 1.52. The van der Waals surface area contributed by atoms with Crippen molar-refractivity contribution in [1.29, 1.82) is 0 Å². The summed E-state index contributed by atoms with van der Waals surface area (Å²) in [5.74, 6) is 0.928. The summed E-state index contributed by atoms with van der Waals surface area (Å²) in [6, 6.07) is 8.11. The molecule has 0 amide bonds. The fourth-order valence-corrected chi connectivity index (χ4v) is 1.41. The minimum Gasteiger partial charge on any atom is -0.489 e. The quantitative estimate of drug-likeness (QED) is 0.745. The van der Waals surface area contributed by atoms with Crippen molar-refractivity contribution in [3.63, 3.8) is 0 Å². The predicted octanol–water partition coefficient (Wildman–Crippen LogP) is 2.96. The Morgan fingerprint density at radius 2 is 2.08 bits per heavy atom. The Hall–Kier alpha value is -1.44. The molecule has 0 saturated heterocycles. The van der Waals surface area contributed by atoms with E-state index in [2.05, 4.69) is 11.1 Å². The molecule has 0 unspecified atom stereocenters. The van der Waals surface area contributed by atoms with Crippen LogP contribution in [0.4, 0.5) is 0 Å². The van der Waals surface area contributed by atoms with Crippen molar-refractivity contribution >= 4 is 10.9 Å². The molecular weight excluding hydrogens is 162 g/mol. The van der Waals surface area contributed by atoms with Crippen molar-refractivity contribution in [3.05, 3.63) is 30.5 Å². The van der Waals surface area contributed by atoms with Crippen LogP contribution in [0.5, 0.6) is 5.75 Å². The average Bonchev–Trinajstić information content (AvgIpc) is 2.51. The van der Waals surface area contributed by atoms with Crippen LogP contribution in [0.1, 0.15) is 13.8 Å². The molecule has 2 nitrogen and oxygen atoms in total. The molecule has 0 fully saturated rings. The van der Waals surface area contributed by atoms with Crippen LogP contribution in [0, 0.1) is 0 Å². The molecule has 13 heavy (non-hydrogen) atoms. The van der Waals surface area contributed by atoms with Gasteiger partial charge in [0.25, 0.3) is 0 Å². The molecule has 2 rings (SSSR count). The second-order valence-corrected chi connectivity index (χ2v) is 3.36. The third-order valence-electron chi connectivity index (χ3n) is 1.91. The molecule has 0 radical (unpaired) electrons. The highest BCUT2D eigenvalue weighted by Crippen LogP contribution is 2.24. The van der Waals surface area contributed by atoms with E-state index >= 15 is 0 Å². The molecule has 68 valence electrons. The van der Waals surface area contributed by atoms with Gasteiger partial charge in [0, 0.05) is 11.6 Å². The van der Waals surface area contributed by atoms with Gasteiger partial charge in [0.05, 0.1) is 11.6 Å². The number of aromatic nitrogens is 1. The van der Waals surface area contributed by atoms with Crippen molar-refractivity contribution in [2.24, 2.45) is 0 Å². The van der Waals surface area contributed by atoms with Gasteiger partial charge >= 0.3 is 0 Å². The lowest BCUT2D eigenvalue weighted by atomic mass is 10.2. The van der Waals surface area contributed by atoms with Crippen molar-refractivity contribution in [2.45, 2.75) is 20.0 Å². The highest BCUT2D eigenvalue weighted by atomic mass is 16.5. The Kier molecular flexibility index (Phi) is 1.97. The van der Waals surface area contributed by atoms with Gasteiger partial charge in [-0.1, -0.05) is 12.1 Å². The lowest BCUT2D eigenvalue weighted by Gasteiger charge is -2.09. The smallest absolute Gasteiger partial charge is 0.143 e. The number of hydrogen-bond acceptors (Lipinski definition) is 1. The number of ether oxygens (including phenoxy) is 1. The largest absolute Gasteiger partial charge is 0.489 e. The Labute approximate surface area is 77.5 Å². The van der Waals surface area contributed by atoms with Crippen molar-refractivity contribution in [1.82, 2.24) is 4.98 Å². The Balaban J connectivity index is 2.48. The summed E-state index contributed by atoms with van der Waals surface area (Å²) in [6.07, 6.45) is 2.14. The number of hydrogen-bond donors (Lipinski definition) is 1. The van der Waals surface area contributed by atoms with Gasteiger partial charge < -0.3 is 9.72 Å². The van der Waals surface area contributed by atoms with Crippen molar-refractivity contribution in [3.8, 4) is 5.75 Å². The zero-order chi connectivity index (χ0) is 9.26. The normalized spacial score (nSPS) is 11.0. The maximum Gasteiger partial charge on any atom is 0.143 e. The maximum absolute atomic E-state index is 5.65. The SMILES string of the molecule is CC(C)Oc1cccc2cc[nH]c12. The molecule has 0 aliphatic heterocycles. The van der Waals surface area contributed by atoms with Crippen LogP contribution < -0.4 is 4.74 Å². The first-order valence-electron chi connectivity index (χ1n) is 4.50. The number of nitrogens with one attached hydrogen (secondary N) is 1. The van der Waals surface area contributed by atoms with Crippen LogP contribution in [0.15, 0.2) is 30.5 Å². The van der Waals surface area contributed by atoms with Crippen LogP contribution in [0.3, 0.4) is 0 Å². The van der Waals surface area contributed by atoms with E-state index in [4.69, 9.17) is 4.74 Å². The Bertz CT molecular complexity index is 403. The topological polar surface area (TPSA) is 25.0 Å². The molecule has 2 aromatic rings. The van der Waals surface area contributed by atoms with Crippen LogP contribution >= 0.6 is 0 Å². The minimum atomic E-state index is 0.217. The molecule has 0 bridgehead atoms. The molecule has 2 heteroatoms. The van der Waals surface area contributed by atoms with E-state index < -0.39 is 0 Å². The fraction of sp³-hybridized carbons (Fsp3) is 0.273. The average molecular weight is 175 g/mol. The number of fused-ring (bicyclic) bond motifs is 1. The molecule has 0 aliphatic rings. The predicted molar refractivity (Wildman–Crippen MR) is 54.1 cm³/mol. The highest BCUT2D eigenvalue weighted by Gasteiger charge is 2.03. The van der Waals surface area contributed by atoms with E-state index in [1.807, 2.05) is 38.2 Å². The van der Waals surface area contributed by atoms with Gasteiger partial charge in [0.2, 0.25) is 0 Å². The van der Waals surface area contributed by atoms with Gasteiger partial charge in [-0.3, -0.25) is 0 Å². The molecule has 1 N–H and O–H groups in total. The van der Waals surface area contributed by atoms with Crippen LogP contribution in [-0.2, 0) is 0 Å².